The zero-order chi connectivity index (χ0) is 10.4. The Morgan fingerprint density at radius 2 is 2.36 bits per heavy atom. The van der Waals surface area contributed by atoms with Gasteiger partial charge in [0.1, 0.15) is 5.78 Å². The molecule has 1 aliphatic rings. The van der Waals surface area contributed by atoms with Gasteiger partial charge in [0, 0.05) is 19.1 Å². The third-order valence-corrected chi connectivity index (χ3v) is 2.67. The van der Waals surface area contributed by atoms with E-state index in [2.05, 4.69) is 0 Å². The summed E-state index contributed by atoms with van der Waals surface area (Å²) in [4.78, 5) is 11.3. The van der Waals surface area contributed by atoms with E-state index in [0.29, 0.717) is 18.1 Å². The van der Waals surface area contributed by atoms with E-state index >= 15 is 0 Å². The number of hydrogen-bond acceptors (Lipinski definition) is 2. The lowest BCUT2D eigenvalue weighted by molar-refractivity contribution is -0.121. The predicted octanol–water partition coefficient (Wildman–Crippen LogP) is 2.90. The van der Waals surface area contributed by atoms with Gasteiger partial charge in [-0.3, -0.25) is 4.79 Å². The maximum atomic E-state index is 11.3. The molecule has 0 aromatic carbocycles. The summed E-state index contributed by atoms with van der Waals surface area (Å²) in [6, 6.07) is 0. The van der Waals surface area contributed by atoms with Crippen LogP contribution in [0.15, 0.2) is 23.8 Å². The van der Waals surface area contributed by atoms with E-state index < -0.39 is 0 Å². The molecule has 0 spiro atoms. The minimum atomic E-state index is 0.379. The number of nitrogens with one attached hydrogen (secondary N) is 1. The predicted molar refractivity (Wildman–Crippen MR) is 58.6 cm³/mol. The van der Waals surface area contributed by atoms with Crippen LogP contribution >= 0.6 is 0 Å². The van der Waals surface area contributed by atoms with E-state index in [4.69, 9.17) is 5.41 Å². The average molecular weight is 191 g/mol. The molecular weight excluding hydrogens is 174 g/mol. The monoisotopic (exact) mass is 191 g/mol. The molecule has 0 radical (unpaired) electrons. The van der Waals surface area contributed by atoms with Crippen LogP contribution in [0.25, 0.3) is 0 Å². The zero-order valence-electron chi connectivity index (χ0n) is 8.62. The van der Waals surface area contributed by atoms with Crippen molar-refractivity contribution in [1.82, 2.24) is 0 Å². The molecule has 0 amide bonds. The van der Waals surface area contributed by atoms with Gasteiger partial charge in [-0.05, 0) is 37.3 Å². The number of hydrogen-bond donors (Lipinski definition) is 1. The second-order valence-corrected chi connectivity index (χ2v) is 3.65. The first-order chi connectivity index (χ1) is 6.77. The molecule has 1 unspecified atom stereocenters. The highest BCUT2D eigenvalue weighted by molar-refractivity contribution is 5.80. The van der Waals surface area contributed by atoms with E-state index in [9.17, 15) is 4.79 Å². The topological polar surface area (TPSA) is 40.9 Å². The second-order valence-electron chi connectivity index (χ2n) is 3.65. The van der Waals surface area contributed by atoms with Crippen molar-refractivity contribution in [3.63, 3.8) is 0 Å². The van der Waals surface area contributed by atoms with Gasteiger partial charge < -0.3 is 5.41 Å². The number of carbonyl (C=O) groups is 1. The third-order valence-electron chi connectivity index (χ3n) is 2.67. The molecule has 0 aromatic heterocycles. The van der Waals surface area contributed by atoms with Crippen LogP contribution in [0.4, 0.5) is 0 Å². The van der Waals surface area contributed by atoms with E-state index in [0.717, 1.165) is 19.3 Å². The lowest BCUT2D eigenvalue weighted by atomic mass is 9.83. The van der Waals surface area contributed by atoms with E-state index in [1.165, 1.54) is 11.8 Å². The van der Waals surface area contributed by atoms with E-state index in [-0.39, 0.29) is 0 Å². The molecule has 14 heavy (non-hydrogen) atoms. The van der Waals surface area contributed by atoms with Crippen LogP contribution in [0.1, 0.15) is 32.6 Å². The lowest BCUT2D eigenvalue weighted by Gasteiger charge is -2.21. The summed E-state index contributed by atoms with van der Waals surface area (Å²) in [5.41, 5.74) is 1.20. The summed E-state index contributed by atoms with van der Waals surface area (Å²) < 4.78 is 0. The van der Waals surface area contributed by atoms with E-state index in [1.807, 2.05) is 19.1 Å². The molecule has 0 saturated heterocycles. The van der Waals surface area contributed by atoms with Crippen LogP contribution in [0.2, 0.25) is 0 Å². The van der Waals surface area contributed by atoms with Gasteiger partial charge in [0.05, 0.1) is 0 Å². The summed E-state index contributed by atoms with van der Waals surface area (Å²) in [5.74, 6) is 0.765. The number of ketones is 1. The molecule has 1 rings (SSSR count). The summed E-state index contributed by atoms with van der Waals surface area (Å²) in [5, 5.41) is 6.92. The molecule has 1 N–H and O–H groups in total. The molecule has 76 valence electrons. The first-order valence-corrected chi connectivity index (χ1v) is 5.13. The Balaban J connectivity index is 2.64. The fourth-order valence-corrected chi connectivity index (χ4v) is 1.94. The molecule has 2 nitrogen and oxygen atoms in total. The van der Waals surface area contributed by atoms with Gasteiger partial charge in [-0.2, -0.15) is 0 Å². The van der Waals surface area contributed by atoms with Crippen molar-refractivity contribution in [3.8, 4) is 0 Å². The summed E-state index contributed by atoms with van der Waals surface area (Å²) in [7, 11) is 0. The van der Waals surface area contributed by atoms with Gasteiger partial charge in [0.15, 0.2) is 0 Å². The van der Waals surface area contributed by atoms with Crippen LogP contribution in [0.3, 0.4) is 0 Å². The molecule has 2 heteroatoms. The van der Waals surface area contributed by atoms with Gasteiger partial charge in [-0.1, -0.05) is 12.2 Å². The fraction of sp³-hybridized carbons (Fsp3) is 0.500. The standard InChI is InChI=1S/C12H17NO/c1-2-10(6-4-8-13)11-5-3-7-12(14)9-11/h2,4,6,8,11,13H,3,5,7,9H2,1H3/b6-4-,10-2+,13-8?. The molecular formula is C12H17NO. The van der Waals surface area contributed by atoms with Gasteiger partial charge in [0.2, 0.25) is 0 Å². The van der Waals surface area contributed by atoms with Crippen molar-refractivity contribution in [2.75, 3.05) is 0 Å². The minimum absolute atomic E-state index is 0.379. The lowest BCUT2D eigenvalue weighted by Crippen LogP contribution is -2.16. The molecule has 0 heterocycles. The normalized spacial score (nSPS) is 24.2. The SMILES string of the molecule is C/C=C(\C=C/C=N)C1CCCC(=O)C1. The number of allylic oxidation sites excluding steroid dienone is 4. The maximum absolute atomic E-state index is 11.3. The smallest absolute Gasteiger partial charge is 0.133 e. The molecule has 1 atom stereocenters. The van der Waals surface area contributed by atoms with Crippen molar-refractivity contribution in [3.05, 3.63) is 23.8 Å². The Morgan fingerprint density at radius 3 is 2.93 bits per heavy atom. The van der Waals surface area contributed by atoms with Gasteiger partial charge in [-0.15, -0.1) is 0 Å². The highest BCUT2D eigenvalue weighted by atomic mass is 16.1. The molecule has 0 aromatic rings. The van der Waals surface area contributed by atoms with Crippen molar-refractivity contribution >= 4 is 12.0 Å². The van der Waals surface area contributed by atoms with Gasteiger partial charge in [0.25, 0.3) is 0 Å². The van der Waals surface area contributed by atoms with Crippen molar-refractivity contribution in [2.45, 2.75) is 32.6 Å². The van der Waals surface area contributed by atoms with Gasteiger partial charge >= 0.3 is 0 Å². The van der Waals surface area contributed by atoms with Crippen LogP contribution in [-0.2, 0) is 4.79 Å². The Labute approximate surface area is 85.2 Å². The molecule has 0 bridgehead atoms. The summed E-state index contributed by atoms with van der Waals surface area (Å²) >= 11 is 0. The maximum Gasteiger partial charge on any atom is 0.133 e. The minimum Gasteiger partial charge on any atom is -0.309 e. The highest BCUT2D eigenvalue weighted by Crippen LogP contribution is 2.28. The number of carbonyl (C=O) groups excluding carboxylic acids is 1. The quantitative estimate of drug-likeness (QED) is 0.541. The second kappa shape index (κ2) is 5.53. The first kappa shape index (κ1) is 10.9. The van der Waals surface area contributed by atoms with Crippen molar-refractivity contribution in [2.24, 2.45) is 5.92 Å². The Kier molecular flexibility index (Phi) is 4.30. The number of Topliss-reactive ketones (excluding diaryl/α,β-unsaturated/α-hetero) is 1. The molecule has 1 aliphatic carbocycles. The van der Waals surface area contributed by atoms with Crippen LogP contribution < -0.4 is 0 Å². The van der Waals surface area contributed by atoms with Crippen molar-refractivity contribution < 1.29 is 4.79 Å². The Morgan fingerprint density at radius 1 is 1.57 bits per heavy atom. The molecule has 1 fully saturated rings. The van der Waals surface area contributed by atoms with Crippen LogP contribution in [0, 0.1) is 11.3 Å². The fourth-order valence-electron chi connectivity index (χ4n) is 1.94. The number of rotatable bonds is 3. The first-order valence-electron chi connectivity index (χ1n) is 5.13. The molecule has 1 saturated carbocycles. The third kappa shape index (κ3) is 2.95. The Hall–Kier alpha value is -1.18. The van der Waals surface area contributed by atoms with Gasteiger partial charge in [-0.25, -0.2) is 0 Å². The highest BCUT2D eigenvalue weighted by Gasteiger charge is 2.20. The van der Waals surface area contributed by atoms with E-state index in [1.54, 1.807) is 6.08 Å². The zero-order valence-corrected chi connectivity index (χ0v) is 8.62. The van der Waals surface area contributed by atoms with Crippen molar-refractivity contribution in [1.29, 1.82) is 5.41 Å². The molecule has 0 aliphatic heterocycles. The average Bonchev–Trinajstić information content (AvgIpc) is 2.19. The summed E-state index contributed by atoms with van der Waals surface area (Å²) in [6.45, 7) is 1.99. The van der Waals surface area contributed by atoms with Crippen LogP contribution in [0.5, 0.6) is 0 Å². The summed E-state index contributed by atoms with van der Waals surface area (Å²) in [6.07, 6.45) is 10.5. The van der Waals surface area contributed by atoms with Crippen LogP contribution in [-0.4, -0.2) is 12.0 Å². The largest absolute Gasteiger partial charge is 0.309 e. The Bertz CT molecular complexity index is 276.